The summed E-state index contributed by atoms with van der Waals surface area (Å²) in [6.07, 6.45) is 9.05. The molecule has 0 atom stereocenters. The molecule has 0 aromatic heterocycles. The predicted octanol–water partition coefficient (Wildman–Crippen LogP) is 3.45. The molecule has 0 spiro atoms. The van der Waals surface area contributed by atoms with Gasteiger partial charge in [0.15, 0.2) is 0 Å². The van der Waals surface area contributed by atoms with E-state index in [-0.39, 0.29) is 6.42 Å². The van der Waals surface area contributed by atoms with Gasteiger partial charge in [-0.05, 0) is 25.7 Å². The summed E-state index contributed by atoms with van der Waals surface area (Å²) in [7, 11) is 0. The fraction of sp³-hybridized carbons (Fsp3) is 0.857. The summed E-state index contributed by atoms with van der Waals surface area (Å²) in [5.74, 6) is -1.48. The zero-order valence-electron chi connectivity index (χ0n) is 11.0. The van der Waals surface area contributed by atoms with Crippen molar-refractivity contribution >= 4 is 11.9 Å². The molecule has 1 fully saturated rings. The number of aliphatic carboxylic acids is 2. The normalized spacial score (nSPS) is 19.8. The van der Waals surface area contributed by atoms with E-state index in [1.54, 1.807) is 0 Å². The van der Waals surface area contributed by atoms with E-state index in [0.29, 0.717) is 19.3 Å². The third-order valence-corrected chi connectivity index (χ3v) is 4.06. The largest absolute Gasteiger partial charge is 0.481 e. The van der Waals surface area contributed by atoms with Crippen LogP contribution in [0.1, 0.15) is 70.6 Å². The Hall–Kier alpha value is -1.06. The van der Waals surface area contributed by atoms with Gasteiger partial charge in [-0.2, -0.15) is 0 Å². The van der Waals surface area contributed by atoms with Gasteiger partial charge in [0.1, 0.15) is 0 Å². The number of hydrogen-bond donors (Lipinski definition) is 2. The molecule has 0 radical (unpaired) electrons. The van der Waals surface area contributed by atoms with Crippen molar-refractivity contribution in [1.29, 1.82) is 0 Å². The van der Waals surface area contributed by atoms with Crippen LogP contribution in [0.5, 0.6) is 0 Å². The highest BCUT2D eigenvalue weighted by molar-refractivity contribution is 5.74. The highest BCUT2D eigenvalue weighted by Crippen LogP contribution is 2.39. The monoisotopic (exact) mass is 256 g/mol. The van der Waals surface area contributed by atoms with Gasteiger partial charge in [-0.3, -0.25) is 9.59 Å². The molecule has 1 rings (SSSR count). The fourth-order valence-electron chi connectivity index (χ4n) is 2.89. The van der Waals surface area contributed by atoms with Crippen LogP contribution in [-0.4, -0.2) is 22.2 Å². The summed E-state index contributed by atoms with van der Waals surface area (Å²) in [6, 6.07) is 0. The van der Waals surface area contributed by atoms with Crippen molar-refractivity contribution in [3.63, 3.8) is 0 Å². The maximum Gasteiger partial charge on any atom is 0.309 e. The van der Waals surface area contributed by atoms with Crippen LogP contribution in [0.25, 0.3) is 0 Å². The summed E-state index contributed by atoms with van der Waals surface area (Å²) in [4.78, 5) is 22.0. The van der Waals surface area contributed by atoms with Crippen molar-refractivity contribution in [3.8, 4) is 0 Å². The SMILES string of the molecule is O=C(O)CCCCC1(C(=O)O)CCCCCCC1. The van der Waals surface area contributed by atoms with E-state index < -0.39 is 17.4 Å². The van der Waals surface area contributed by atoms with Gasteiger partial charge < -0.3 is 10.2 Å². The minimum absolute atomic E-state index is 0.149. The Labute approximate surface area is 108 Å². The van der Waals surface area contributed by atoms with Crippen LogP contribution < -0.4 is 0 Å². The first-order valence-corrected chi connectivity index (χ1v) is 7.02. The zero-order chi connectivity index (χ0) is 13.4. The molecule has 0 heterocycles. The van der Waals surface area contributed by atoms with Crippen molar-refractivity contribution < 1.29 is 19.8 Å². The van der Waals surface area contributed by atoms with Crippen molar-refractivity contribution in [2.24, 2.45) is 5.41 Å². The minimum Gasteiger partial charge on any atom is -0.481 e. The average molecular weight is 256 g/mol. The first-order chi connectivity index (χ1) is 8.57. The van der Waals surface area contributed by atoms with E-state index in [0.717, 1.165) is 38.5 Å². The average Bonchev–Trinajstić information content (AvgIpc) is 2.26. The summed E-state index contributed by atoms with van der Waals surface area (Å²) >= 11 is 0. The van der Waals surface area contributed by atoms with Gasteiger partial charge in [0.2, 0.25) is 0 Å². The molecule has 0 aliphatic heterocycles. The smallest absolute Gasteiger partial charge is 0.309 e. The molecule has 4 nitrogen and oxygen atoms in total. The number of unbranched alkanes of at least 4 members (excludes halogenated alkanes) is 1. The standard InChI is InChI=1S/C14H24O4/c15-12(16)8-4-7-11-14(13(17)18)9-5-2-1-3-6-10-14/h1-11H2,(H,15,16)(H,17,18). The highest BCUT2D eigenvalue weighted by atomic mass is 16.4. The molecule has 104 valence electrons. The van der Waals surface area contributed by atoms with Crippen LogP contribution in [-0.2, 0) is 9.59 Å². The molecule has 0 aromatic rings. The minimum atomic E-state index is -0.794. The van der Waals surface area contributed by atoms with Gasteiger partial charge in [-0.1, -0.05) is 38.5 Å². The van der Waals surface area contributed by atoms with Gasteiger partial charge in [0.05, 0.1) is 5.41 Å². The van der Waals surface area contributed by atoms with Crippen molar-refractivity contribution in [2.45, 2.75) is 70.6 Å². The summed E-state index contributed by atoms with van der Waals surface area (Å²) in [5.41, 5.74) is -0.584. The molecular weight excluding hydrogens is 232 g/mol. The Morgan fingerprint density at radius 2 is 1.44 bits per heavy atom. The van der Waals surface area contributed by atoms with Crippen LogP contribution >= 0.6 is 0 Å². The highest BCUT2D eigenvalue weighted by Gasteiger charge is 2.37. The van der Waals surface area contributed by atoms with Crippen LogP contribution in [0.2, 0.25) is 0 Å². The Bertz CT molecular complexity index is 278. The third-order valence-electron chi connectivity index (χ3n) is 4.06. The molecule has 4 heteroatoms. The first-order valence-electron chi connectivity index (χ1n) is 7.02. The molecule has 0 saturated heterocycles. The van der Waals surface area contributed by atoms with Gasteiger partial charge in [0, 0.05) is 6.42 Å². The maximum atomic E-state index is 11.6. The predicted molar refractivity (Wildman–Crippen MR) is 68.5 cm³/mol. The van der Waals surface area contributed by atoms with Crippen LogP contribution in [0, 0.1) is 5.41 Å². The molecule has 1 saturated carbocycles. The molecule has 0 aromatic carbocycles. The number of carboxylic acid groups (broad SMARTS) is 2. The lowest BCUT2D eigenvalue weighted by atomic mass is 9.73. The van der Waals surface area contributed by atoms with E-state index in [2.05, 4.69) is 0 Å². The maximum absolute atomic E-state index is 11.6. The Kier molecular flexibility index (Phi) is 6.16. The second kappa shape index (κ2) is 7.39. The number of carbonyl (C=O) groups is 2. The summed E-state index contributed by atoms with van der Waals surface area (Å²) in [6.45, 7) is 0. The fourth-order valence-corrected chi connectivity index (χ4v) is 2.89. The van der Waals surface area contributed by atoms with Crippen molar-refractivity contribution in [3.05, 3.63) is 0 Å². The second-order valence-corrected chi connectivity index (χ2v) is 5.45. The van der Waals surface area contributed by atoms with E-state index in [4.69, 9.17) is 5.11 Å². The lowest BCUT2D eigenvalue weighted by Crippen LogP contribution is -2.32. The van der Waals surface area contributed by atoms with Gasteiger partial charge >= 0.3 is 11.9 Å². The molecule has 0 amide bonds. The molecule has 0 unspecified atom stereocenters. The van der Waals surface area contributed by atoms with Crippen LogP contribution in [0.3, 0.4) is 0 Å². The zero-order valence-corrected chi connectivity index (χ0v) is 11.0. The summed E-state index contributed by atoms with van der Waals surface area (Å²) < 4.78 is 0. The molecular formula is C14H24O4. The Balaban J connectivity index is 2.49. The molecule has 1 aliphatic rings. The molecule has 18 heavy (non-hydrogen) atoms. The van der Waals surface area contributed by atoms with Gasteiger partial charge in [0.25, 0.3) is 0 Å². The number of carboxylic acids is 2. The summed E-state index contributed by atoms with van der Waals surface area (Å²) in [5, 5.41) is 18.1. The quantitative estimate of drug-likeness (QED) is 0.714. The Morgan fingerprint density at radius 3 is 1.94 bits per heavy atom. The van der Waals surface area contributed by atoms with Crippen molar-refractivity contribution in [1.82, 2.24) is 0 Å². The lowest BCUT2D eigenvalue weighted by Gasteiger charge is -2.31. The van der Waals surface area contributed by atoms with E-state index in [9.17, 15) is 14.7 Å². The number of hydrogen-bond acceptors (Lipinski definition) is 2. The van der Waals surface area contributed by atoms with Gasteiger partial charge in [-0.15, -0.1) is 0 Å². The first kappa shape index (κ1) is 15.0. The van der Waals surface area contributed by atoms with Crippen LogP contribution in [0.4, 0.5) is 0 Å². The van der Waals surface area contributed by atoms with Gasteiger partial charge in [-0.25, -0.2) is 0 Å². The van der Waals surface area contributed by atoms with E-state index in [1.165, 1.54) is 6.42 Å². The second-order valence-electron chi connectivity index (χ2n) is 5.45. The molecule has 1 aliphatic carbocycles. The topological polar surface area (TPSA) is 74.6 Å². The lowest BCUT2D eigenvalue weighted by molar-refractivity contribution is -0.151. The van der Waals surface area contributed by atoms with E-state index >= 15 is 0 Å². The van der Waals surface area contributed by atoms with E-state index in [1.807, 2.05) is 0 Å². The number of rotatable bonds is 6. The van der Waals surface area contributed by atoms with Crippen LogP contribution in [0.15, 0.2) is 0 Å². The third kappa shape index (κ3) is 4.67. The van der Waals surface area contributed by atoms with Crippen molar-refractivity contribution in [2.75, 3.05) is 0 Å². The molecule has 0 bridgehead atoms. The molecule has 2 N–H and O–H groups in total. The Morgan fingerprint density at radius 1 is 0.889 bits per heavy atom.